The maximum Gasteiger partial charge on any atom is 0.242 e. The summed E-state index contributed by atoms with van der Waals surface area (Å²) in [6.07, 6.45) is 10.9. The maximum absolute atomic E-state index is 4.24. The van der Waals surface area contributed by atoms with Gasteiger partial charge in [-0.3, -0.25) is 0 Å². The van der Waals surface area contributed by atoms with Gasteiger partial charge in [0.1, 0.15) is 0 Å². The average molecular weight is 119 g/mol. The van der Waals surface area contributed by atoms with Gasteiger partial charge in [0.05, 0.1) is 10.9 Å². The van der Waals surface area contributed by atoms with E-state index >= 15 is 0 Å². The Kier molecular flexibility index (Phi) is 1.01. The van der Waals surface area contributed by atoms with Crippen LogP contribution in [0, 0.1) is 5.92 Å². The van der Waals surface area contributed by atoms with Crippen molar-refractivity contribution in [2.75, 3.05) is 0 Å². The highest BCUT2D eigenvalue weighted by Gasteiger charge is 2.25. The van der Waals surface area contributed by atoms with Gasteiger partial charge in [-0.1, -0.05) is 12.2 Å². The largest absolute Gasteiger partial charge is 0.242 e. The lowest BCUT2D eigenvalue weighted by molar-refractivity contribution is 0.955. The SMILES string of the molecule is C1=CC2C=C[N+]=C2CC1. The zero-order valence-corrected chi connectivity index (χ0v) is 5.25. The summed E-state index contributed by atoms with van der Waals surface area (Å²) in [5, 5.41) is 0. The smallest absolute Gasteiger partial charge is 0.0868 e. The van der Waals surface area contributed by atoms with Crippen LogP contribution in [-0.2, 0) is 0 Å². The normalized spacial score (nSPS) is 30.2. The Morgan fingerprint density at radius 2 is 2.44 bits per heavy atom. The maximum atomic E-state index is 4.24. The molecule has 9 heavy (non-hydrogen) atoms. The second-order valence-electron chi connectivity index (χ2n) is 2.45. The summed E-state index contributed by atoms with van der Waals surface area (Å²) in [5.74, 6) is 0.554. The first-order chi connectivity index (χ1) is 4.47. The van der Waals surface area contributed by atoms with E-state index in [1.807, 2.05) is 6.20 Å². The molecule has 0 amide bonds. The predicted molar refractivity (Wildman–Crippen MR) is 38.1 cm³/mol. The van der Waals surface area contributed by atoms with E-state index in [4.69, 9.17) is 0 Å². The minimum atomic E-state index is 0.554. The molecule has 0 saturated heterocycles. The molecular formula is C8H9N+. The fourth-order valence-corrected chi connectivity index (χ4v) is 1.31. The highest BCUT2D eigenvalue weighted by molar-refractivity contribution is 5.91. The minimum absolute atomic E-state index is 0.554. The molecule has 0 fully saturated rings. The number of fused-ring (bicyclic) bond motifs is 1. The molecule has 1 unspecified atom stereocenters. The quantitative estimate of drug-likeness (QED) is 0.426. The van der Waals surface area contributed by atoms with Gasteiger partial charge >= 0.3 is 0 Å². The zero-order valence-electron chi connectivity index (χ0n) is 5.25. The molecule has 1 aliphatic heterocycles. The second kappa shape index (κ2) is 1.83. The lowest BCUT2D eigenvalue weighted by Crippen LogP contribution is -2.12. The summed E-state index contributed by atoms with van der Waals surface area (Å²) >= 11 is 0. The topological polar surface area (TPSA) is 14.1 Å². The van der Waals surface area contributed by atoms with E-state index in [1.165, 1.54) is 12.1 Å². The molecular weight excluding hydrogens is 110 g/mol. The third-order valence-corrected chi connectivity index (χ3v) is 1.83. The van der Waals surface area contributed by atoms with Crippen LogP contribution in [0.25, 0.3) is 0 Å². The van der Waals surface area contributed by atoms with Gasteiger partial charge in [0.25, 0.3) is 0 Å². The molecule has 2 rings (SSSR count). The van der Waals surface area contributed by atoms with Crippen molar-refractivity contribution < 1.29 is 0 Å². The third-order valence-electron chi connectivity index (χ3n) is 1.83. The van der Waals surface area contributed by atoms with Gasteiger partial charge in [-0.05, 0) is 6.42 Å². The zero-order chi connectivity index (χ0) is 6.10. The van der Waals surface area contributed by atoms with Crippen molar-refractivity contribution in [3.63, 3.8) is 0 Å². The van der Waals surface area contributed by atoms with E-state index in [0.717, 1.165) is 6.42 Å². The van der Waals surface area contributed by atoms with Crippen molar-refractivity contribution in [1.82, 2.24) is 4.99 Å². The van der Waals surface area contributed by atoms with Crippen LogP contribution in [0.5, 0.6) is 0 Å². The average Bonchev–Trinajstić information content (AvgIpc) is 2.33. The van der Waals surface area contributed by atoms with Crippen LogP contribution in [0.3, 0.4) is 0 Å². The fraction of sp³-hybridized carbons (Fsp3) is 0.375. The lowest BCUT2D eigenvalue weighted by atomic mass is 9.95. The van der Waals surface area contributed by atoms with Gasteiger partial charge in [0.2, 0.25) is 11.9 Å². The van der Waals surface area contributed by atoms with Gasteiger partial charge < -0.3 is 0 Å². The Hall–Kier alpha value is -0.850. The van der Waals surface area contributed by atoms with Crippen molar-refractivity contribution in [3.8, 4) is 0 Å². The van der Waals surface area contributed by atoms with Crippen LogP contribution >= 0.6 is 0 Å². The Labute approximate surface area is 54.8 Å². The van der Waals surface area contributed by atoms with Gasteiger partial charge in [0, 0.05) is 12.5 Å². The molecule has 0 aromatic carbocycles. The summed E-state index contributed by atoms with van der Waals surface area (Å²) in [7, 11) is 0. The molecule has 1 aliphatic carbocycles. The monoisotopic (exact) mass is 119 g/mol. The molecule has 0 aromatic heterocycles. The van der Waals surface area contributed by atoms with Crippen LogP contribution in [0.2, 0.25) is 0 Å². The second-order valence-corrected chi connectivity index (χ2v) is 2.45. The van der Waals surface area contributed by atoms with E-state index in [2.05, 4.69) is 23.2 Å². The molecule has 1 radical (unpaired) electrons. The molecule has 0 spiro atoms. The lowest BCUT2D eigenvalue weighted by Gasteiger charge is -2.02. The van der Waals surface area contributed by atoms with Crippen LogP contribution in [-0.4, -0.2) is 5.71 Å². The summed E-state index contributed by atoms with van der Waals surface area (Å²) in [6.45, 7) is 0. The van der Waals surface area contributed by atoms with Crippen molar-refractivity contribution >= 4 is 5.71 Å². The van der Waals surface area contributed by atoms with Crippen LogP contribution in [0.1, 0.15) is 12.8 Å². The van der Waals surface area contributed by atoms with Crippen molar-refractivity contribution in [2.45, 2.75) is 12.8 Å². The van der Waals surface area contributed by atoms with E-state index < -0.39 is 0 Å². The first kappa shape index (κ1) is 4.98. The predicted octanol–water partition coefficient (Wildman–Crippen LogP) is 1.26. The van der Waals surface area contributed by atoms with Crippen LogP contribution in [0.4, 0.5) is 0 Å². The number of aliphatic imine (C=N–C) groups is 1. The number of hydrogen-bond donors (Lipinski definition) is 0. The fourth-order valence-electron chi connectivity index (χ4n) is 1.31. The van der Waals surface area contributed by atoms with E-state index in [0.29, 0.717) is 5.92 Å². The number of rotatable bonds is 0. The Morgan fingerprint density at radius 1 is 1.44 bits per heavy atom. The van der Waals surface area contributed by atoms with Gasteiger partial charge in [-0.25, -0.2) is 0 Å². The molecule has 45 valence electrons. The minimum Gasteiger partial charge on any atom is -0.0868 e. The van der Waals surface area contributed by atoms with Crippen LogP contribution in [0.15, 0.2) is 24.4 Å². The first-order valence-electron chi connectivity index (χ1n) is 3.37. The highest BCUT2D eigenvalue weighted by Crippen LogP contribution is 2.16. The highest BCUT2D eigenvalue weighted by atomic mass is 14.7. The molecule has 1 nitrogen and oxygen atoms in total. The Morgan fingerprint density at radius 3 is 3.33 bits per heavy atom. The number of allylic oxidation sites excluding steroid dienone is 3. The Bertz CT molecular complexity index is 199. The van der Waals surface area contributed by atoms with E-state index in [1.54, 1.807) is 0 Å². The molecule has 1 heteroatoms. The molecule has 2 aliphatic rings. The van der Waals surface area contributed by atoms with Crippen molar-refractivity contribution in [1.29, 1.82) is 0 Å². The van der Waals surface area contributed by atoms with E-state index in [-0.39, 0.29) is 0 Å². The van der Waals surface area contributed by atoms with E-state index in [9.17, 15) is 0 Å². The summed E-state index contributed by atoms with van der Waals surface area (Å²) in [5.41, 5.74) is 1.34. The first-order valence-corrected chi connectivity index (χ1v) is 3.37. The molecule has 1 heterocycles. The molecule has 0 saturated carbocycles. The number of nitrogens with zero attached hydrogens (tertiary/aromatic N) is 1. The molecule has 0 N–H and O–H groups in total. The van der Waals surface area contributed by atoms with Crippen molar-refractivity contribution in [2.24, 2.45) is 5.92 Å². The van der Waals surface area contributed by atoms with Gasteiger partial charge in [-0.2, -0.15) is 0 Å². The third kappa shape index (κ3) is 0.727. The summed E-state index contributed by atoms with van der Waals surface area (Å²) in [4.78, 5) is 4.24. The molecule has 0 aromatic rings. The van der Waals surface area contributed by atoms with Gasteiger partial charge in [-0.15, -0.1) is 0 Å². The number of hydrogen-bond acceptors (Lipinski definition) is 1. The molecule has 0 bridgehead atoms. The van der Waals surface area contributed by atoms with Crippen LogP contribution < -0.4 is 4.99 Å². The summed E-state index contributed by atoms with van der Waals surface area (Å²) in [6, 6.07) is 0. The Balaban J connectivity index is 2.31. The van der Waals surface area contributed by atoms with Crippen molar-refractivity contribution in [3.05, 3.63) is 24.4 Å². The molecule has 1 atom stereocenters. The summed E-state index contributed by atoms with van der Waals surface area (Å²) < 4.78 is 0. The van der Waals surface area contributed by atoms with Gasteiger partial charge in [0.15, 0.2) is 0 Å². The standard InChI is InChI=1S/C8H9N/c1-2-4-8-7(3-1)5-6-9-8/h1,3,5-7H,2,4H2/q+1.